The van der Waals surface area contributed by atoms with Crippen LogP contribution in [-0.2, 0) is 28.6 Å². The number of unbranched alkanes of at least 4 members (excludes halogenated alkanes) is 26. The van der Waals surface area contributed by atoms with Gasteiger partial charge in [0.05, 0.1) is 0 Å². The van der Waals surface area contributed by atoms with E-state index in [4.69, 9.17) is 14.2 Å². The molecule has 0 amide bonds. The van der Waals surface area contributed by atoms with Gasteiger partial charge in [0.1, 0.15) is 13.2 Å². The highest BCUT2D eigenvalue weighted by Gasteiger charge is 2.19. The number of hydrogen-bond donors (Lipinski definition) is 0. The predicted molar refractivity (Wildman–Crippen MR) is 279 cm³/mol. The molecular formula is C59H102O6. The zero-order chi connectivity index (χ0) is 47.2. The number of carbonyl (C=O) groups is 3. The van der Waals surface area contributed by atoms with Crippen molar-refractivity contribution in [3.8, 4) is 0 Å². The highest BCUT2D eigenvalue weighted by Crippen LogP contribution is 2.15. The molecule has 0 saturated heterocycles. The second-order valence-corrected chi connectivity index (χ2v) is 18.1. The van der Waals surface area contributed by atoms with E-state index in [0.29, 0.717) is 19.3 Å². The monoisotopic (exact) mass is 907 g/mol. The first kappa shape index (κ1) is 61.9. The Morgan fingerprint density at radius 2 is 0.600 bits per heavy atom. The van der Waals surface area contributed by atoms with E-state index < -0.39 is 6.10 Å². The fraction of sp³-hybridized carbons (Fsp3) is 0.746. The van der Waals surface area contributed by atoms with Gasteiger partial charge in [-0.3, -0.25) is 14.4 Å². The van der Waals surface area contributed by atoms with E-state index in [1.807, 2.05) is 0 Å². The van der Waals surface area contributed by atoms with Gasteiger partial charge in [0.2, 0.25) is 0 Å². The van der Waals surface area contributed by atoms with Crippen LogP contribution in [0.1, 0.15) is 265 Å². The molecule has 1 unspecified atom stereocenters. The van der Waals surface area contributed by atoms with E-state index in [9.17, 15) is 14.4 Å². The van der Waals surface area contributed by atoms with E-state index in [1.165, 1.54) is 135 Å². The van der Waals surface area contributed by atoms with Gasteiger partial charge in [-0.1, -0.05) is 229 Å². The first-order valence-corrected chi connectivity index (χ1v) is 27.4. The van der Waals surface area contributed by atoms with Gasteiger partial charge in [0.15, 0.2) is 6.10 Å². The Hall–Kier alpha value is -3.15. The second-order valence-electron chi connectivity index (χ2n) is 18.1. The van der Waals surface area contributed by atoms with Crippen LogP contribution in [0.3, 0.4) is 0 Å². The Balaban J connectivity index is 4.19. The smallest absolute Gasteiger partial charge is 0.306 e. The second kappa shape index (κ2) is 53.5. The van der Waals surface area contributed by atoms with Gasteiger partial charge in [0.25, 0.3) is 0 Å². The summed E-state index contributed by atoms with van der Waals surface area (Å²) in [5, 5.41) is 0. The minimum Gasteiger partial charge on any atom is -0.462 e. The fourth-order valence-electron chi connectivity index (χ4n) is 7.58. The van der Waals surface area contributed by atoms with Gasteiger partial charge in [0, 0.05) is 19.3 Å². The van der Waals surface area contributed by atoms with Gasteiger partial charge in [-0.2, -0.15) is 0 Å². The molecule has 65 heavy (non-hydrogen) atoms. The molecule has 0 aliphatic rings. The lowest BCUT2D eigenvalue weighted by molar-refractivity contribution is -0.167. The van der Waals surface area contributed by atoms with Crippen molar-refractivity contribution in [1.82, 2.24) is 0 Å². The van der Waals surface area contributed by atoms with Crippen molar-refractivity contribution in [3.05, 3.63) is 72.9 Å². The van der Waals surface area contributed by atoms with Gasteiger partial charge < -0.3 is 14.2 Å². The molecule has 0 N–H and O–H groups in total. The molecular weight excluding hydrogens is 805 g/mol. The van der Waals surface area contributed by atoms with Crippen LogP contribution in [-0.4, -0.2) is 37.2 Å². The maximum absolute atomic E-state index is 12.7. The topological polar surface area (TPSA) is 78.9 Å². The van der Waals surface area contributed by atoms with Crippen LogP contribution in [0, 0.1) is 0 Å². The molecule has 0 rings (SSSR count). The number of rotatable bonds is 49. The third-order valence-corrected chi connectivity index (χ3v) is 11.7. The molecule has 374 valence electrons. The summed E-state index contributed by atoms with van der Waals surface area (Å²) in [5.74, 6) is -0.937. The van der Waals surface area contributed by atoms with Gasteiger partial charge in [-0.15, -0.1) is 0 Å². The minimum absolute atomic E-state index is 0.0912. The van der Waals surface area contributed by atoms with Gasteiger partial charge >= 0.3 is 17.9 Å². The number of hydrogen-bond acceptors (Lipinski definition) is 6. The van der Waals surface area contributed by atoms with Crippen molar-refractivity contribution < 1.29 is 28.6 Å². The molecule has 0 aliphatic heterocycles. The number of ether oxygens (including phenoxy) is 3. The molecule has 6 heteroatoms. The summed E-state index contributed by atoms with van der Waals surface area (Å²) in [6.07, 6.45) is 67.8. The number of esters is 3. The molecule has 0 fully saturated rings. The van der Waals surface area contributed by atoms with Gasteiger partial charge in [-0.25, -0.2) is 0 Å². The third-order valence-electron chi connectivity index (χ3n) is 11.7. The Morgan fingerprint density at radius 3 is 0.969 bits per heavy atom. The predicted octanol–water partition coefficient (Wildman–Crippen LogP) is 18.2. The highest BCUT2D eigenvalue weighted by molar-refractivity contribution is 5.71. The van der Waals surface area contributed by atoms with Crippen LogP contribution in [0.25, 0.3) is 0 Å². The summed E-state index contributed by atoms with van der Waals surface area (Å²) in [7, 11) is 0. The zero-order valence-electron chi connectivity index (χ0n) is 42.7. The molecule has 6 nitrogen and oxygen atoms in total. The van der Waals surface area contributed by atoms with Gasteiger partial charge in [-0.05, 0) is 89.9 Å². The molecule has 0 saturated carbocycles. The van der Waals surface area contributed by atoms with E-state index in [1.54, 1.807) is 0 Å². The summed E-state index contributed by atoms with van der Waals surface area (Å²) >= 11 is 0. The van der Waals surface area contributed by atoms with Crippen LogP contribution in [0.5, 0.6) is 0 Å². The van der Waals surface area contributed by atoms with E-state index in [-0.39, 0.29) is 37.5 Å². The quantitative estimate of drug-likeness (QED) is 0.0262. The van der Waals surface area contributed by atoms with E-state index >= 15 is 0 Å². The Kier molecular flexibility index (Phi) is 50.9. The summed E-state index contributed by atoms with van der Waals surface area (Å²) in [6, 6.07) is 0. The van der Waals surface area contributed by atoms with Crippen LogP contribution in [0.4, 0.5) is 0 Å². The lowest BCUT2D eigenvalue weighted by Gasteiger charge is -2.18. The van der Waals surface area contributed by atoms with Crippen LogP contribution < -0.4 is 0 Å². The summed E-state index contributed by atoms with van der Waals surface area (Å²) < 4.78 is 16.7. The number of carbonyl (C=O) groups excluding carboxylic acids is 3. The third kappa shape index (κ3) is 51.7. The Labute approximate surface area is 402 Å². The number of allylic oxidation sites excluding steroid dienone is 12. The molecule has 0 aromatic heterocycles. The normalized spacial score (nSPS) is 12.6. The van der Waals surface area contributed by atoms with Crippen LogP contribution in [0.15, 0.2) is 72.9 Å². The largest absolute Gasteiger partial charge is 0.462 e. The minimum atomic E-state index is -0.793. The maximum atomic E-state index is 12.7. The van der Waals surface area contributed by atoms with Crippen molar-refractivity contribution in [2.24, 2.45) is 0 Å². The summed E-state index contributed by atoms with van der Waals surface area (Å²) in [6.45, 7) is 6.44. The molecule has 0 spiro atoms. The Morgan fingerprint density at radius 1 is 0.323 bits per heavy atom. The summed E-state index contributed by atoms with van der Waals surface area (Å²) in [4.78, 5) is 37.8. The first-order chi connectivity index (χ1) is 32.0. The van der Waals surface area contributed by atoms with Crippen molar-refractivity contribution in [3.63, 3.8) is 0 Å². The zero-order valence-corrected chi connectivity index (χ0v) is 42.7. The maximum Gasteiger partial charge on any atom is 0.306 e. The average Bonchev–Trinajstić information content (AvgIpc) is 3.30. The molecule has 1 atom stereocenters. The van der Waals surface area contributed by atoms with Crippen molar-refractivity contribution in [2.45, 2.75) is 271 Å². The van der Waals surface area contributed by atoms with Crippen molar-refractivity contribution >= 4 is 17.9 Å². The lowest BCUT2D eigenvalue weighted by Crippen LogP contribution is -2.30. The van der Waals surface area contributed by atoms with E-state index in [0.717, 1.165) is 83.5 Å². The molecule has 0 aromatic carbocycles. The van der Waals surface area contributed by atoms with E-state index in [2.05, 4.69) is 93.7 Å². The molecule has 0 heterocycles. The molecule has 0 radical (unpaired) electrons. The highest BCUT2D eigenvalue weighted by atomic mass is 16.6. The van der Waals surface area contributed by atoms with Crippen molar-refractivity contribution in [1.29, 1.82) is 0 Å². The Bertz CT molecular complexity index is 1230. The lowest BCUT2D eigenvalue weighted by atomic mass is 10.0. The average molecular weight is 907 g/mol. The fourth-order valence-corrected chi connectivity index (χ4v) is 7.58. The van der Waals surface area contributed by atoms with Crippen LogP contribution in [0.2, 0.25) is 0 Å². The molecule has 0 aromatic rings. The first-order valence-electron chi connectivity index (χ1n) is 27.4. The standard InChI is InChI=1S/C59H102O6/c1-4-7-10-13-16-18-20-22-24-25-26-27-28-29-30-31-32-33-35-36-38-40-43-46-49-52-58(61)64-55-56(54-63-57(60)51-48-45-42-15-12-9-6-3)65-59(62)53-50-47-44-41-39-37-34-23-21-19-17-14-11-8-5-2/h8,11,17,19-20,22-23,25-26,34,39,41,56H,4-7,9-10,12-16,18,21,24,27-33,35-38,40,42-55H2,1-3H3/b11-8-,19-17-,22-20-,26-25-,34-23-,41-39-. The molecule has 0 aliphatic carbocycles. The van der Waals surface area contributed by atoms with Crippen LogP contribution >= 0.6 is 0 Å². The SMILES string of the molecule is CC/C=C\C/C=C\C/C=C\C/C=C\CCCCC(=O)OC(COC(=O)CCCCCCCCC)COC(=O)CCCCCCCCCCCCCCC/C=C\C/C=C\CCCCCCC. The summed E-state index contributed by atoms with van der Waals surface area (Å²) in [5.41, 5.74) is 0. The molecule has 0 bridgehead atoms. The van der Waals surface area contributed by atoms with Crippen molar-refractivity contribution in [2.75, 3.05) is 13.2 Å².